The fourth-order valence-corrected chi connectivity index (χ4v) is 2.11. The molecule has 21 heavy (non-hydrogen) atoms. The molecule has 0 amide bonds. The van der Waals surface area contributed by atoms with Crippen LogP contribution in [0.1, 0.15) is 11.1 Å². The van der Waals surface area contributed by atoms with E-state index >= 15 is 0 Å². The molecule has 0 fully saturated rings. The zero-order chi connectivity index (χ0) is 14.5. The maximum absolute atomic E-state index is 5.86. The third-order valence-electron chi connectivity index (χ3n) is 3.03. The summed E-state index contributed by atoms with van der Waals surface area (Å²) in [5.41, 5.74) is 2.20. The molecule has 3 rings (SSSR count). The minimum atomic E-state index is 0.518. The topological polar surface area (TPSA) is 39.9 Å². The number of halogens is 1. The van der Waals surface area contributed by atoms with Gasteiger partial charge in [0.2, 0.25) is 0 Å². The van der Waals surface area contributed by atoms with Gasteiger partial charge in [-0.25, -0.2) is 9.67 Å². The molecule has 0 saturated carbocycles. The van der Waals surface area contributed by atoms with Gasteiger partial charge in [0.15, 0.2) is 0 Å². The Morgan fingerprint density at radius 2 is 1.90 bits per heavy atom. The van der Waals surface area contributed by atoms with Crippen LogP contribution in [0, 0.1) is 0 Å². The van der Waals surface area contributed by atoms with E-state index in [2.05, 4.69) is 10.1 Å². The summed E-state index contributed by atoms with van der Waals surface area (Å²) in [7, 11) is 0. The first-order valence-corrected chi connectivity index (χ1v) is 6.96. The van der Waals surface area contributed by atoms with Crippen LogP contribution in [0.5, 0.6) is 5.75 Å². The molecule has 106 valence electrons. The van der Waals surface area contributed by atoms with Crippen molar-refractivity contribution in [1.82, 2.24) is 14.8 Å². The second kappa shape index (κ2) is 6.41. The molecule has 0 unspecified atom stereocenters. The highest BCUT2D eigenvalue weighted by molar-refractivity contribution is 6.30. The third-order valence-corrected chi connectivity index (χ3v) is 3.28. The van der Waals surface area contributed by atoms with Gasteiger partial charge in [-0.15, -0.1) is 0 Å². The molecule has 0 bridgehead atoms. The monoisotopic (exact) mass is 299 g/mol. The Balaban J connectivity index is 1.64. The molecule has 0 saturated heterocycles. The van der Waals surface area contributed by atoms with E-state index in [1.165, 1.54) is 6.33 Å². The SMILES string of the molecule is Clc1ccc(COc2cccc(Cn3cncn3)c2)cc1. The average Bonchev–Trinajstić information content (AvgIpc) is 3.00. The predicted octanol–water partition coefficient (Wildman–Crippen LogP) is 3.56. The van der Waals surface area contributed by atoms with Gasteiger partial charge >= 0.3 is 0 Å². The highest BCUT2D eigenvalue weighted by Gasteiger charge is 2.00. The summed E-state index contributed by atoms with van der Waals surface area (Å²) in [6.45, 7) is 1.20. The third kappa shape index (κ3) is 3.83. The van der Waals surface area contributed by atoms with Crippen LogP contribution < -0.4 is 4.74 Å². The molecule has 0 atom stereocenters. The van der Waals surface area contributed by atoms with Gasteiger partial charge in [0.25, 0.3) is 0 Å². The number of aromatic nitrogens is 3. The lowest BCUT2D eigenvalue weighted by molar-refractivity contribution is 0.306. The maximum Gasteiger partial charge on any atom is 0.137 e. The van der Waals surface area contributed by atoms with Crippen LogP contribution in [0.15, 0.2) is 61.2 Å². The molecule has 0 spiro atoms. The normalized spacial score (nSPS) is 10.5. The van der Waals surface area contributed by atoms with Crippen molar-refractivity contribution in [2.24, 2.45) is 0 Å². The van der Waals surface area contributed by atoms with E-state index < -0.39 is 0 Å². The molecule has 0 aliphatic rings. The van der Waals surface area contributed by atoms with Gasteiger partial charge in [-0.05, 0) is 35.4 Å². The van der Waals surface area contributed by atoms with Crippen LogP contribution in [0.3, 0.4) is 0 Å². The van der Waals surface area contributed by atoms with Crippen LogP contribution in [0.4, 0.5) is 0 Å². The van der Waals surface area contributed by atoms with Crippen LogP contribution in [-0.2, 0) is 13.2 Å². The number of rotatable bonds is 5. The van der Waals surface area contributed by atoms with Crippen molar-refractivity contribution in [2.75, 3.05) is 0 Å². The number of hydrogen-bond acceptors (Lipinski definition) is 3. The first-order valence-electron chi connectivity index (χ1n) is 6.58. The summed E-state index contributed by atoms with van der Waals surface area (Å²) in [5.74, 6) is 0.836. The smallest absolute Gasteiger partial charge is 0.137 e. The Hall–Kier alpha value is -2.33. The van der Waals surface area contributed by atoms with Gasteiger partial charge in [-0.1, -0.05) is 35.9 Å². The highest BCUT2D eigenvalue weighted by Crippen LogP contribution is 2.17. The molecule has 0 N–H and O–H groups in total. The molecule has 0 aliphatic carbocycles. The predicted molar refractivity (Wildman–Crippen MR) is 81.4 cm³/mol. The van der Waals surface area contributed by atoms with E-state index in [9.17, 15) is 0 Å². The Bertz CT molecular complexity index is 696. The molecule has 2 aromatic carbocycles. The van der Waals surface area contributed by atoms with Gasteiger partial charge in [0.05, 0.1) is 6.54 Å². The molecular formula is C16H14ClN3O. The van der Waals surface area contributed by atoms with Crippen LogP contribution in [0.2, 0.25) is 5.02 Å². The largest absolute Gasteiger partial charge is 0.489 e. The first kappa shape index (κ1) is 13.6. The van der Waals surface area contributed by atoms with E-state index in [-0.39, 0.29) is 0 Å². The summed E-state index contributed by atoms with van der Waals surface area (Å²) < 4.78 is 7.58. The van der Waals surface area contributed by atoms with E-state index in [0.29, 0.717) is 13.2 Å². The molecule has 1 heterocycles. The second-order valence-electron chi connectivity index (χ2n) is 4.66. The van der Waals surface area contributed by atoms with E-state index in [1.807, 2.05) is 48.5 Å². The van der Waals surface area contributed by atoms with Gasteiger partial charge in [0, 0.05) is 5.02 Å². The van der Waals surface area contributed by atoms with E-state index in [1.54, 1.807) is 11.0 Å². The Morgan fingerprint density at radius 1 is 1.05 bits per heavy atom. The van der Waals surface area contributed by atoms with E-state index in [4.69, 9.17) is 16.3 Å². The second-order valence-corrected chi connectivity index (χ2v) is 5.09. The molecule has 1 aromatic heterocycles. The van der Waals surface area contributed by atoms with Crippen molar-refractivity contribution in [3.05, 3.63) is 77.3 Å². The zero-order valence-corrected chi connectivity index (χ0v) is 12.1. The molecule has 3 aromatic rings. The summed E-state index contributed by atoms with van der Waals surface area (Å²) >= 11 is 5.86. The highest BCUT2D eigenvalue weighted by atomic mass is 35.5. The molecule has 0 radical (unpaired) electrons. The van der Waals surface area contributed by atoms with Crippen LogP contribution in [0.25, 0.3) is 0 Å². The Labute approximate surface area is 128 Å². The lowest BCUT2D eigenvalue weighted by Crippen LogP contribution is -2.01. The standard InChI is InChI=1S/C16H14ClN3O/c17-15-6-4-13(5-7-15)10-21-16-3-1-2-14(8-16)9-20-12-18-11-19-20/h1-8,11-12H,9-10H2. The maximum atomic E-state index is 5.86. The number of hydrogen-bond donors (Lipinski definition) is 0. The van der Waals surface area contributed by atoms with Gasteiger partial charge in [0.1, 0.15) is 25.0 Å². The zero-order valence-electron chi connectivity index (χ0n) is 11.3. The lowest BCUT2D eigenvalue weighted by Gasteiger charge is -2.08. The quantitative estimate of drug-likeness (QED) is 0.723. The summed E-state index contributed by atoms with van der Waals surface area (Å²) in [6.07, 6.45) is 3.22. The molecule has 0 aliphatic heterocycles. The number of benzene rings is 2. The molecule has 5 heteroatoms. The van der Waals surface area contributed by atoms with Crippen LogP contribution in [-0.4, -0.2) is 14.8 Å². The minimum absolute atomic E-state index is 0.518. The van der Waals surface area contributed by atoms with Gasteiger partial charge in [-0.3, -0.25) is 0 Å². The van der Waals surface area contributed by atoms with Gasteiger partial charge < -0.3 is 4.74 Å². The summed E-state index contributed by atoms with van der Waals surface area (Å²) in [6, 6.07) is 15.6. The minimum Gasteiger partial charge on any atom is -0.489 e. The van der Waals surface area contributed by atoms with Crippen molar-refractivity contribution in [3.8, 4) is 5.75 Å². The lowest BCUT2D eigenvalue weighted by atomic mass is 10.2. The first-order chi connectivity index (χ1) is 10.3. The Morgan fingerprint density at radius 3 is 2.67 bits per heavy atom. The molecular weight excluding hydrogens is 286 g/mol. The summed E-state index contributed by atoms with van der Waals surface area (Å²) in [5, 5.41) is 4.83. The number of ether oxygens (including phenoxy) is 1. The number of nitrogens with zero attached hydrogens (tertiary/aromatic N) is 3. The Kier molecular flexibility index (Phi) is 4.17. The van der Waals surface area contributed by atoms with Crippen molar-refractivity contribution in [1.29, 1.82) is 0 Å². The average molecular weight is 300 g/mol. The summed E-state index contributed by atoms with van der Waals surface area (Å²) in [4.78, 5) is 3.93. The van der Waals surface area contributed by atoms with Crippen LogP contribution >= 0.6 is 11.6 Å². The van der Waals surface area contributed by atoms with Crippen molar-refractivity contribution < 1.29 is 4.74 Å². The van der Waals surface area contributed by atoms with Gasteiger partial charge in [-0.2, -0.15) is 5.10 Å². The molecule has 4 nitrogen and oxygen atoms in total. The fraction of sp³-hybridized carbons (Fsp3) is 0.125. The van der Waals surface area contributed by atoms with Crippen molar-refractivity contribution in [3.63, 3.8) is 0 Å². The van der Waals surface area contributed by atoms with E-state index in [0.717, 1.165) is 21.9 Å². The fourth-order valence-electron chi connectivity index (χ4n) is 1.98. The van der Waals surface area contributed by atoms with Crippen molar-refractivity contribution >= 4 is 11.6 Å². The van der Waals surface area contributed by atoms with Crippen molar-refractivity contribution in [2.45, 2.75) is 13.2 Å².